The summed E-state index contributed by atoms with van der Waals surface area (Å²) in [6.45, 7) is 6.04. The average molecular weight is 541 g/mol. The van der Waals surface area contributed by atoms with Crippen LogP contribution in [0.2, 0.25) is 0 Å². The molecule has 5 rings (SSSR count). The lowest BCUT2D eigenvalue weighted by molar-refractivity contribution is 0.0130. The van der Waals surface area contributed by atoms with Gasteiger partial charge in [-0.3, -0.25) is 0 Å². The van der Waals surface area contributed by atoms with Crippen LogP contribution in [0.3, 0.4) is 0 Å². The van der Waals surface area contributed by atoms with Crippen LogP contribution in [0.15, 0.2) is 91.2 Å². The van der Waals surface area contributed by atoms with Crippen LogP contribution in [0.4, 0.5) is 8.78 Å². The maximum Gasteiger partial charge on any atom is 0.256 e. The lowest BCUT2D eigenvalue weighted by Gasteiger charge is -2.18. The first-order valence-corrected chi connectivity index (χ1v) is 14.1. The van der Waals surface area contributed by atoms with Gasteiger partial charge in [0.2, 0.25) is 0 Å². The molecule has 0 bridgehead atoms. The number of aryl methyl sites for hydroxylation is 1. The summed E-state index contributed by atoms with van der Waals surface area (Å²) in [6.07, 6.45) is 6.65. The molecule has 1 N–H and O–H groups in total. The number of alkyl halides is 2. The molecule has 0 saturated carbocycles. The highest BCUT2D eigenvalue weighted by atomic mass is 19.3. The molecule has 0 heterocycles. The maximum absolute atomic E-state index is 14.1. The molecule has 0 radical (unpaired) electrons. The largest absolute Gasteiger partial charge is 0.492 e. The molecule has 5 heteroatoms. The highest BCUT2D eigenvalue weighted by Gasteiger charge is 2.37. The number of fused-ring (bicyclic) bond motifs is 2. The maximum atomic E-state index is 14.1. The van der Waals surface area contributed by atoms with E-state index in [4.69, 9.17) is 4.74 Å². The smallest absolute Gasteiger partial charge is 0.256 e. The first-order chi connectivity index (χ1) is 19.3. The molecule has 2 aliphatic carbocycles. The van der Waals surface area contributed by atoms with Crippen LogP contribution >= 0.6 is 0 Å². The van der Waals surface area contributed by atoms with E-state index in [0.29, 0.717) is 6.61 Å². The summed E-state index contributed by atoms with van der Waals surface area (Å²) in [5.74, 6) is -1.82. The number of rotatable bonds is 10. The molecule has 0 aromatic heterocycles. The molecule has 40 heavy (non-hydrogen) atoms. The summed E-state index contributed by atoms with van der Waals surface area (Å²) < 4.78 is 34.3. The Labute approximate surface area is 236 Å². The quantitative estimate of drug-likeness (QED) is 0.215. The van der Waals surface area contributed by atoms with Gasteiger partial charge in [0, 0.05) is 45.7 Å². The summed E-state index contributed by atoms with van der Waals surface area (Å²) in [5, 5.41) is 3.35. The van der Waals surface area contributed by atoms with Crippen LogP contribution in [0.5, 0.6) is 5.75 Å². The van der Waals surface area contributed by atoms with Crippen molar-refractivity contribution in [3.05, 3.63) is 125 Å². The van der Waals surface area contributed by atoms with E-state index in [0.717, 1.165) is 66.1 Å². The number of allylic oxidation sites excluding steroid dienone is 2. The molecule has 0 aliphatic heterocycles. The van der Waals surface area contributed by atoms with Gasteiger partial charge >= 0.3 is 0 Å². The van der Waals surface area contributed by atoms with E-state index in [-0.39, 0.29) is 12.8 Å². The number of hydrogen-bond donors (Lipinski definition) is 1. The van der Waals surface area contributed by atoms with Crippen molar-refractivity contribution < 1.29 is 13.5 Å². The van der Waals surface area contributed by atoms with Crippen molar-refractivity contribution in [2.24, 2.45) is 0 Å². The Bertz CT molecular complexity index is 1420. The summed E-state index contributed by atoms with van der Waals surface area (Å²) >= 11 is 0. The van der Waals surface area contributed by atoms with Gasteiger partial charge < -0.3 is 15.0 Å². The van der Waals surface area contributed by atoms with Gasteiger partial charge in [-0.1, -0.05) is 67.3 Å². The van der Waals surface area contributed by atoms with Crippen molar-refractivity contribution in [3.8, 4) is 5.75 Å². The standard InChI is InChI=1S/C35H38F2N2O/c1-25(39(2)3)8-7-19-38-20-21-40-31-17-15-27(16-18-31)34-32-11-5-4-9-26(32)10-6-12-33(34)28-13-14-29-23-35(36,37)24-30(29)22-28/h4-5,7-9,11,13-18,22,38H,1,6,10,12,19-21,23-24H2,2-3H3/b8-7+. The highest BCUT2D eigenvalue weighted by molar-refractivity contribution is 6.00. The topological polar surface area (TPSA) is 24.5 Å². The summed E-state index contributed by atoms with van der Waals surface area (Å²) in [7, 11) is 3.95. The van der Waals surface area contributed by atoms with Gasteiger partial charge in [-0.2, -0.15) is 0 Å². The second-order valence-corrected chi connectivity index (χ2v) is 10.9. The first kappa shape index (κ1) is 27.9. The zero-order valence-electron chi connectivity index (χ0n) is 23.5. The summed E-state index contributed by atoms with van der Waals surface area (Å²) in [6, 6.07) is 22.8. The van der Waals surface area contributed by atoms with Gasteiger partial charge in [-0.25, -0.2) is 8.78 Å². The van der Waals surface area contributed by atoms with Crippen molar-refractivity contribution in [3.63, 3.8) is 0 Å². The first-order valence-electron chi connectivity index (χ1n) is 14.1. The average Bonchev–Trinajstić information content (AvgIpc) is 3.12. The molecular weight excluding hydrogens is 502 g/mol. The van der Waals surface area contributed by atoms with Crippen LogP contribution < -0.4 is 10.1 Å². The molecule has 3 aromatic carbocycles. The minimum absolute atomic E-state index is 0.156. The molecule has 0 unspecified atom stereocenters. The van der Waals surface area contributed by atoms with Crippen LogP contribution in [0.1, 0.15) is 46.2 Å². The fraction of sp³-hybridized carbons (Fsp3) is 0.314. The Hall–Kier alpha value is -3.70. The Morgan fingerprint density at radius 3 is 2.50 bits per heavy atom. The molecule has 0 spiro atoms. The molecular formula is C35H38F2N2O. The molecule has 0 fully saturated rings. The number of likely N-dealkylation sites (N-methyl/N-ethyl adjacent to an activating group) is 1. The monoisotopic (exact) mass is 540 g/mol. The zero-order valence-corrected chi connectivity index (χ0v) is 23.5. The summed E-state index contributed by atoms with van der Waals surface area (Å²) in [5.41, 5.74) is 9.66. The number of benzene rings is 3. The molecule has 0 atom stereocenters. The molecule has 3 nitrogen and oxygen atoms in total. The lowest BCUT2D eigenvalue weighted by Crippen LogP contribution is -2.21. The Kier molecular flexibility index (Phi) is 8.51. The number of hydrogen-bond acceptors (Lipinski definition) is 3. The van der Waals surface area contributed by atoms with Gasteiger partial charge in [-0.05, 0) is 82.0 Å². The van der Waals surface area contributed by atoms with Crippen molar-refractivity contribution >= 4 is 11.1 Å². The van der Waals surface area contributed by atoms with Gasteiger partial charge in [0.25, 0.3) is 5.92 Å². The second-order valence-electron chi connectivity index (χ2n) is 10.9. The van der Waals surface area contributed by atoms with Crippen molar-refractivity contribution in [2.45, 2.75) is 38.0 Å². The zero-order chi connectivity index (χ0) is 28.1. The fourth-order valence-corrected chi connectivity index (χ4v) is 5.60. The normalized spacial score (nSPS) is 16.0. The van der Waals surface area contributed by atoms with Gasteiger partial charge in [0.05, 0.1) is 0 Å². The highest BCUT2D eigenvalue weighted by Crippen LogP contribution is 2.42. The minimum atomic E-state index is -2.64. The molecule has 0 saturated heterocycles. The van der Waals surface area contributed by atoms with Crippen molar-refractivity contribution in [1.82, 2.24) is 10.2 Å². The molecule has 2 aliphatic rings. The van der Waals surface area contributed by atoms with E-state index < -0.39 is 5.92 Å². The third-order valence-electron chi connectivity index (χ3n) is 7.75. The fourth-order valence-electron chi connectivity index (χ4n) is 5.60. The number of nitrogens with zero attached hydrogens (tertiary/aromatic N) is 1. The van der Waals surface area contributed by atoms with Gasteiger partial charge in [0.15, 0.2) is 0 Å². The second kappa shape index (κ2) is 12.2. The van der Waals surface area contributed by atoms with Gasteiger partial charge in [-0.15, -0.1) is 0 Å². The predicted octanol–water partition coefficient (Wildman–Crippen LogP) is 7.32. The minimum Gasteiger partial charge on any atom is -0.492 e. The van der Waals surface area contributed by atoms with E-state index in [1.165, 1.54) is 22.3 Å². The van der Waals surface area contributed by atoms with E-state index in [2.05, 4.69) is 54.4 Å². The molecule has 208 valence electrons. The van der Waals surface area contributed by atoms with Crippen LogP contribution in [0, 0.1) is 0 Å². The third kappa shape index (κ3) is 6.53. The lowest BCUT2D eigenvalue weighted by atomic mass is 9.87. The van der Waals surface area contributed by atoms with E-state index >= 15 is 0 Å². The number of ether oxygens (including phenoxy) is 1. The van der Waals surface area contributed by atoms with E-state index in [9.17, 15) is 8.78 Å². The molecule has 0 amide bonds. The van der Waals surface area contributed by atoms with Crippen LogP contribution in [-0.2, 0) is 19.3 Å². The number of halogens is 2. The van der Waals surface area contributed by atoms with Crippen molar-refractivity contribution in [2.75, 3.05) is 33.8 Å². The predicted molar refractivity (Wildman–Crippen MR) is 161 cm³/mol. The van der Waals surface area contributed by atoms with Crippen LogP contribution in [0.25, 0.3) is 11.1 Å². The SMILES string of the molecule is C=C(/C=C/CNCCOc1ccc(C2=C(c3ccc4c(c3)CC(F)(F)C4)CCCc3ccccc32)cc1)N(C)C. The van der Waals surface area contributed by atoms with E-state index in [1.54, 1.807) is 0 Å². The van der Waals surface area contributed by atoms with E-state index in [1.807, 2.05) is 55.4 Å². The Balaban J connectivity index is 1.34. The Morgan fingerprint density at radius 1 is 0.950 bits per heavy atom. The third-order valence-corrected chi connectivity index (χ3v) is 7.75. The Morgan fingerprint density at radius 2 is 1.70 bits per heavy atom. The summed E-state index contributed by atoms with van der Waals surface area (Å²) in [4.78, 5) is 1.98. The van der Waals surface area contributed by atoms with Crippen molar-refractivity contribution in [1.29, 1.82) is 0 Å². The molecule has 3 aromatic rings. The van der Waals surface area contributed by atoms with Gasteiger partial charge in [0.1, 0.15) is 12.4 Å². The van der Waals surface area contributed by atoms with Crippen LogP contribution in [-0.4, -0.2) is 44.6 Å². The number of nitrogens with one attached hydrogen (secondary N) is 1.